The van der Waals surface area contributed by atoms with E-state index in [4.69, 9.17) is 32.0 Å². The maximum Gasteiger partial charge on any atom is 0.137 e. The minimum atomic E-state index is 0.560. The maximum atomic E-state index is 6.18. The summed E-state index contributed by atoms with van der Waals surface area (Å²) in [5.74, 6) is 0. The molecule has 0 aliphatic carbocycles. The van der Waals surface area contributed by atoms with Gasteiger partial charge in [0.25, 0.3) is 0 Å². The standard InChI is InChI=1S/C30H20ClNO.C18H13NO.C12H8BrCl.CH3I2/c31-23-15-13-21(14-16-23)22-7-6-10-25(19-22)32(24-8-2-1-3-9-24)26-17-18-28-27-11-4-5-12-29(27)33-30(28)20-26;1-2-6-13(7-3-1)19-14-10-11-16-15-8-4-5-9-17(15)20-18(16)12-14;13-11-3-1-2-10(8-11)9-4-6-12(14)7-5-9;1-3-2/h1-20H;1-12,19H;1-8H;1H3/q;;;-1. The summed E-state index contributed by atoms with van der Waals surface area (Å²) in [6, 6.07) is 82.0. The number of anilines is 5. The Balaban J connectivity index is 0.000000139. The van der Waals surface area contributed by atoms with Crippen LogP contribution in [0.2, 0.25) is 10.0 Å². The molecule has 0 saturated heterocycles. The number of hydrogen-bond donors (Lipinski definition) is 1. The molecule has 12 aromatic rings. The Morgan fingerprint density at radius 2 is 0.857 bits per heavy atom. The first kappa shape index (κ1) is 48.9. The molecule has 0 radical (unpaired) electrons. The van der Waals surface area contributed by atoms with Gasteiger partial charge in [0.1, 0.15) is 22.3 Å². The normalized spacial score (nSPS) is 10.8. The van der Waals surface area contributed by atoms with Crippen LogP contribution in [0.1, 0.15) is 0 Å². The van der Waals surface area contributed by atoms with Crippen molar-refractivity contribution in [2.45, 2.75) is 0 Å². The molecule has 0 fully saturated rings. The summed E-state index contributed by atoms with van der Waals surface area (Å²) in [5.41, 5.74) is 13.6. The molecule has 9 heteroatoms. The van der Waals surface area contributed by atoms with Gasteiger partial charge in [-0.15, -0.1) is 0 Å². The Labute approximate surface area is 446 Å². The molecule has 0 amide bonds. The predicted molar refractivity (Wildman–Crippen MR) is 307 cm³/mol. The third-order valence-electron chi connectivity index (χ3n) is 11.4. The first-order valence-corrected chi connectivity index (χ1v) is 32.3. The zero-order chi connectivity index (χ0) is 48.2. The van der Waals surface area contributed by atoms with E-state index in [-0.39, 0.29) is 0 Å². The molecular weight excluding hydrogens is 1200 g/mol. The van der Waals surface area contributed by atoms with Crippen molar-refractivity contribution in [3.8, 4) is 22.3 Å². The Morgan fingerprint density at radius 3 is 1.44 bits per heavy atom. The fourth-order valence-corrected chi connectivity index (χ4v) is 8.80. The van der Waals surface area contributed by atoms with Crippen LogP contribution in [-0.2, 0) is 0 Å². The molecule has 346 valence electrons. The molecule has 2 aromatic heterocycles. The quantitative estimate of drug-likeness (QED) is 0.128. The number of rotatable bonds is 7. The van der Waals surface area contributed by atoms with E-state index in [2.05, 4.69) is 165 Å². The van der Waals surface area contributed by atoms with Crippen LogP contribution in [-0.4, -0.2) is 4.93 Å². The van der Waals surface area contributed by atoms with Crippen molar-refractivity contribution in [3.05, 3.63) is 257 Å². The van der Waals surface area contributed by atoms with Crippen molar-refractivity contribution in [1.82, 2.24) is 0 Å². The van der Waals surface area contributed by atoms with E-state index < -0.39 is 0 Å². The molecule has 0 aliphatic heterocycles. The Hall–Kier alpha value is -6.08. The van der Waals surface area contributed by atoms with Gasteiger partial charge in [0.15, 0.2) is 0 Å². The number of hydrogen-bond acceptors (Lipinski definition) is 4. The van der Waals surface area contributed by atoms with E-state index in [9.17, 15) is 0 Å². The number of furan rings is 2. The summed E-state index contributed by atoms with van der Waals surface area (Å²) >= 11 is 18.3. The van der Waals surface area contributed by atoms with Crippen molar-refractivity contribution < 1.29 is 26.1 Å². The van der Waals surface area contributed by atoms with Crippen LogP contribution in [0.3, 0.4) is 0 Å². The number of fused-ring (bicyclic) bond motifs is 6. The van der Waals surface area contributed by atoms with Gasteiger partial charge >= 0.3 is 40.8 Å². The molecule has 4 nitrogen and oxygen atoms in total. The van der Waals surface area contributed by atoms with E-state index in [0.717, 1.165) is 98.0 Å². The summed E-state index contributed by atoms with van der Waals surface area (Å²) in [7, 11) is 0. The van der Waals surface area contributed by atoms with Crippen molar-refractivity contribution in [1.29, 1.82) is 0 Å². The number of para-hydroxylation sites is 4. The molecule has 70 heavy (non-hydrogen) atoms. The third kappa shape index (κ3) is 12.1. The molecule has 0 aliphatic rings. The van der Waals surface area contributed by atoms with Gasteiger partial charge < -0.3 is 19.1 Å². The largest absolute Gasteiger partial charge is 0.456 e. The van der Waals surface area contributed by atoms with Crippen LogP contribution in [0.15, 0.2) is 256 Å². The van der Waals surface area contributed by atoms with Gasteiger partial charge in [-0.3, -0.25) is 0 Å². The average molecular weight is 1240 g/mol. The van der Waals surface area contributed by atoms with Gasteiger partial charge in [0.05, 0.1) is 0 Å². The minimum Gasteiger partial charge on any atom is -0.456 e. The molecular formula is C61H44BrCl2I2N2O2-. The van der Waals surface area contributed by atoms with Crippen molar-refractivity contribution >= 4 is 130 Å². The van der Waals surface area contributed by atoms with Crippen LogP contribution >= 0.6 is 57.7 Å². The summed E-state index contributed by atoms with van der Waals surface area (Å²) in [6.45, 7) is 0. The van der Waals surface area contributed by atoms with E-state index in [1.165, 1.54) is 11.1 Å². The van der Waals surface area contributed by atoms with Gasteiger partial charge in [0.2, 0.25) is 0 Å². The number of nitrogens with zero attached hydrogens (tertiary/aromatic N) is 1. The predicted octanol–water partition coefficient (Wildman–Crippen LogP) is 17.5. The molecule has 0 bridgehead atoms. The number of halogens is 5. The molecule has 0 atom stereocenters. The summed E-state index contributed by atoms with van der Waals surface area (Å²) in [4.78, 5) is 4.48. The van der Waals surface area contributed by atoms with Crippen LogP contribution in [0.5, 0.6) is 0 Å². The molecule has 1 N–H and O–H groups in total. The summed E-state index contributed by atoms with van der Waals surface area (Å²) in [6.07, 6.45) is 0. The fraction of sp³-hybridized carbons (Fsp3) is 0.0164. The van der Waals surface area contributed by atoms with Gasteiger partial charge in [-0.25, -0.2) is 0 Å². The molecule has 0 spiro atoms. The topological polar surface area (TPSA) is 41.6 Å². The van der Waals surface area contributed by atoms with Crippen molar-refractivity contribution in [2.75, 3.05) is 15.1 Å². The second kappa shape index (κ2) is 23.7. The first-order valence-electron chi connectivity index (χ1n) is 22.3. The molecule has 2 heterocycles. The molecule has 0 saturated carbocycles. The van der Waals surface area contributed by atoms with Crippen molar-refractivity contribution in [3.63, 3.8) is 0 Å². The Kier molecular flexibility index (Phi) is 16.6. The SMILES string of the molecule is C[I-]I.Clc1ccc(-c2cccc(Br)c2)cc1.Clc1ccc(-c2cccc(N(c3ccccc3)c3ccc4c(c3)oc3ccccc34)c2)cc1.c1ccc(Nc2ccc3c(c2)oc2ccccc23)cc1. The first-order chi connectivity index (χ1) is 34.3. The van der Waals surface area contributed by atoms with E-state index in [1.807, 2.05) is 127 Å². The second-order valence-corrected chi connectivity index (χ2v) is 24.0. The Morgan fingerprint density at radius 1 is 0.400 bits per heavy atom. The van der Waals surface area contributed by atoms with E-state index in [0.29, 0.717) is 17.2 Å². The monoisotopic (exact) mass is 1240 g/mol. The maximum absolute atomic E-state index is 6.18. The molecule has 0 unspecified atom stereocenters. The van der Waals surface area contributed by atoms with Crippen molar-refractivity contribution in [2.24, 2.45) is 0 Å². The number of nitrogens with one attached hydrogen (secondary N) is 1. The Bertz CT molecular complexity index is 3620. The molecule has 10 aromatic carbocycles. The smallest absolute Gasteiger partial charge is 0.137 e. The van der Waals surface area contributed by atoms with Gasteiger partial charge in [-0.05, 0) is 131 Å². The zero-order valence-electron chi connectivity index (χ0n) is 37.7. The average Bonchev–Trinajstić information content (AvgIpc) is 3.96. The molecule has 12 rings (SSSR count). The van der Waals surface area contributed by atoms with E-state index in [1.54, 1.807) is 0 Å². The van der Waals surface area contributed by atoms with Gasteiger partial charge in [-0.1, -0.05) is 160 Å². The van der Waals surface area contributed by atoms with Crippen LogP contribution in [0, 0.1) is 0 Å². The van der Waals surface area contributed by atoms with Gasteiger partial charge in [-0.2, -0.15) is 0 Å². The summed E-state index contributed by atoms with van der Waals surface area (Å²) in [5, 5.41) is 9.45. The third-order valence-corrected chi connectivity index (χ3v) is 12.4. The van der Waals surface area contributed by atoms with Gasteiger partial charge in [0, 0.05) is 76.6 Å². The number of alkyl halides is 1. The van der Waals surface area contributed by atoms with Crippen LogP contribution in [0.25, 0.3) is 66.1 Å². The number of benzene rings is 10. The van der Waals surface area contributed by atoms with E-state index >= 15 is 0 Å². The minimum absolute atomic E-state index is 0.560. The van der Waals surface area contributed by atoms with Crippen LogP contribution < -0.4 is 27.4 Å². The fourth-order valence-electron chi connectivity index (χ4n) is 8.15. The van der Waals surface area contributed by atoms with Crippen LogP contribution in [0.4, 0.5) is 28.4 Å². The summed E-state index contributed by atoms with van der Waals surface area (Å²) < 4.78 is 13.2. The zero-order valence-corrected chi connectivity index (χ0v) is 45.2. The second-order valence-electron chi connectivity index (χ2n) is 16.0.